The summed E-state index contributed by atoms with van der Waals surface area (Å²) in [4.78, 5) is 27.5. The van der Waals surface area contributed by atoms with Crippen molar-refractivity contribution in [2.24, 2.45) is 5.92 Å². The SMILES string of the molecule is COC(=O)[C@H]1CN(C(=O)c2ccc(OC)c3ccccc23)C[C@H]1c1ccsc1. The van der Waals surface area contributed by atoms with Crippen LogP contribution < -0.4 is 4.74 Å². The fourth-order valence-electron chi connectivity index (χ4n) is 3.99. The van der Waals surface area contributed by atoms with E-state index in [1.165, 1.54) is 7.11 Å². The van der Waals surface area contributed by atoms with Crippen LogP contribution in [-0.2, 0) is 9.53 Å². The Balaban J connectivity index is 1.69. The highest BCUT2D eigenvalue weighted by molar-refractivity contribution is 7.08. The number of carbonyl (C=O) groups is 2. The molecule has 2 heterocycles. The van der Waals surface area contributed by atoms with Gasteiger partial charge in [-0.2, -0.15) is 11.3 Å². The number of fused-ring (bicyclic) bond motifs is 1. The van der Waals surface area contributed by atoms with Crippen LogP contribution in [0.5, 0.6) is 5.75 Å². The summed E-state index contributed by atoms with van der Waals surface area (Å²) < 4.78 is 10.4. The number of benzene rings is 2. The molecule has 0 radical (unpaired) electrons. The van der Waals surface area contributed by atoms with Crippen LogP contribution in [0.3, 0.4) is 0 Å². The lowest BCUT2D eigenvalue weighted by atomic mass is 9.91. The predicted octanol–water partition coefficient (Wildman–Crippen LogP) is 3.94. The van der Waals surface area contributed by atoms with Gasteiger partial charge in [0.25, 0.3) is 5.91 Å². The summed E-state index contributed by atoms with van der Waals surface area (Å²) in [5, 5.41) is 5.78. The Morgan fingerprint density at radius 3 is 2.50 bits per heavy atom. The Labute approximate surface area is 167 Å². The molecule has 4 rings (SSSR count). The molecule has 3 aromatic rings. The van der Waals surface area contributed by atoms with Crippen LogP contribution in [0, 0.1) is 5.92 Å². The Morgan fingerprint density at radius 2 is 1.82 bits per heavy atom. The molecule has 5 nitrogen and oxygen atoms in total. The number of hydrogen-bond donors (Lipinski definition) is 0. The van der Waals surface area contributed by atoms with E-state index in [1.807, 2.05) is 47.2 Å². The van der Waals surface area contributed by atoms with Crippen LogP contribution in [0.25, 0.3) is 10.8 Å². The molecule has 0 saturated carbocycles. The van der Waals surface area contributed by atoms with Crippen molar-refractivity contribution in [3.8, 4) is 5.75 Å². The second-order valence-electron chi connectivity index (χ2n) is 6.86. The molecule has 2 aromatic carbocycles. The van der Waals surface area contributed by atoms with Crippen molar-refractivity contribution in [1.82, 2.24) is 4.90 Å². The second-order valence-corrected chi connectivity index (χ2v) is 7.64. The average Bonchev–Trinajstić information content (AvgIpc) is 3.41. The monoisotopic (exact) mass is 395 g/mol. The van der Waals surface area contributed by atoms with E-state index in [0.717, 1.165) is 22.1 Å². The number of rotatable bonds is 4. The number of likely N-dealkylation sites (tertiary alicyclic amines) is 1. The lowest BCUT2D eigenvalue weighted by molar-refractivity contribution is -0.145. The van der Waals surface area contributed by atoms with Crippen LogP contribution >= 0.6 is 11.3 Å². The van der Waals surface area contributed by atoms with Gasteiger partial charge in [0.2, 0.25) is 0 Å². The van der Waals surface area contributed by atoms with Gasteiger partial charge >= 0.3 is 5.97 Å². The van der Waals surface area contributed by atoms with Crippen molar-refractivity contribution in [3.63, 3.8) is 0 Å². The minimum absolute atomic E-state index is 0.0489. The van der Waals surface area contributed by atoms with Gasteiger partial charge in [-0.15, -0.1) is 0 Å². The standard InChI is InChI=1S/C22H21NO4S/c1-26-20-8-7-17(15-5-3-4-6-16(15)20)21(24)23-11-18(14-9-10-28-13-14)19(12-23)22(25)27-2/h3-10,13,18-19H,11-12H2,1-2H3/t18-,19-/m0/s1. The molecular formula is C22H21NO4S. The van der Waals surface area contributed by atoms with Crippen molar-refractivity contribution in [2.45, 2.75) is 5.92 Å². The molecule has 1 saturated heterocycles. The van der Waals surface area contributed by atoms with Crippen LogP contribution in [0.2, 0.25) is 0 Å². The zero-order valence-corrected chi connectivity index (χ0v) is 16.6. The normalized spacial score (nSPS) is 19.0. The smallest absolute Gasteiger partial charge is 0.311 e. The quantitative estimate of drug-likeness (QED) is 0.628. The van der Waals surface area contributed by atoms with E-state index < -0.39 is 0 Å². The van der Waals surface area contributed by atoms with Gasteiger partial charge in [0.15, 0.2) is 0 Å². The number of methoxy groups -OCH3 is 2. The summed E-state index contributed by atoms with van der Waals surface area (Å²) in [5.41, 5.74) is 1.70. The number of nitrogens with zero attached hydrogens (tertiary/aromatic N) is 1. The third kappa shape index (κ3) is 3.14. The van der Waals surface area contributed by atoms with Crippen molar-refractivity contribution < 1.29 is 19.1 Å². The first kappa shape index (κ1) is 18.5. The third-order valence-corrected chi connectivity index (χ3v) is 6.12. The highest BCUT2D eigenvalue weighted by atomic mass is 32.1. The summed E-state index contributed by atoms with van der Waals surface area (Å²) in [6.07, 6.45) is 0. The summed E-state index contributed by atoms with van der Waals surface area (Å²) in [6.45, 7) is 0.849. The van der Waals surface area contributed by atoms with E-state index in [1.54, 1.807) is 29.4 Å². The van der Waals surface area contributed by atoms with Crippen LogP contribution in [0.4, 0.5) is 0 Å². The molecule has 2 atom stereocenters. The van der Waals surface area contributed by atoms with Gasteiger partial charge in [0, 0.05) is 30.0 Å². The average molecular weight is 395 g/mol. The van der Waals surface area contributed by atoms with Crippen molar-refractivity contribution in [2.75, 3.05) is 27.3 Å². The lowest BCUT2D eigenvalue weighted by Gasteiger charge is -2.18. The molecule has 0 aliphatic carbocycles. The van der Waals surface area contributed by atoms with Gasteiger partial charge in [-0.1, -0.05) is 24.3 Å². The van der Waals surface area contributed by atoms with Crippen molar-refractivity contribution >= 4 is 34.0 Å². The maximum absolute atomic E-state index is 13.4. The van der Waals surface area contributed by atoms with Gasteiger partial charge in [0.1, 0.15) is 5.75 Å². The molecule has 1 fully saturated rings. The molecule has 28 heavy (non-hydrogen) atoms. The van der Waals surface area contributed by atoms with E-state index >= 15 is 0 Å². The summed E-state index contributed by atoms with van der Waals surface area (Å²) >= 11 is 1.59. The van der Waals surface area contributed by atoms with E-state index in [4.69, 9.17) is 9.47 Å². The van der Waals surface area contributed by atoms with Crippen LogP contribution in [0.15, 0.2) is 53.2 Å². The second kappa shape index (κ2) is 7.64. The van der Waals surface area contributed by atoms with E-state index in [9.17, 15) is 9.59 Å². The lowest BCUT2D eigenvalue weighted by Crippen LogP contribution is -2.30. The topological polar surface area (TPSA) is 55.8 Å². The number of amides is 1. The number of carbonyl (C=O) groups excluding carboxylic acids is 2. The molecule has 1 aromatic heterocycles. The van der Waals surface area contributed by atoms with E-state index in [2.05, 4.69) is 0 Å². The molecule has 6 heteroatoms. The molecule has 1 amide bonds. The molecule has 1 aliphatic heterocycles. The molecule has 0 bridgehead atoms. The largest absolute Gasteiger partial charge is 0.496 e. The zero-order valence-electron chi connectivity index (χ0n) is 15.8. The number of thiophene rings is 1. The highest BCUT2D eigenvalue weighted by Crippen LogP contribution is 2.36. The van der Waals surface area contributed by atoms with E-state index in [0.29, 0.717) is 18.7 Å². The molecule has 0 unspecified atom stereocenters. The summed E-state index contributed by atoms with van der Waals surface area (Å²) in [6, 6.07) is 13.3. The fourth-order valence-corrected chi connectivity index (χ4v) is 4.71. The Morgan fingerprint density at radius 1 is 1.04 bits per heavy atom. The zero-order chi connectivity index (χ0) is 19.7. The molecule has 0 N–H and O–H groups in total. The first-order valence-electron chi connectivity index (χ1n) is 9.09. The van der Waals surface area contributed by atoms with Crippen molar-refractivity contribution in [1.29, 1.82) is 0 Å². The first-order chi connectivity index (χ1) is 13.6. The van der Waals surface area contributed by atoms with Gasteiger partial charge in [0.05, 0.1) is 20.1 Å². The Kier molecular flexibility index (Phi) is 5.05. The van der Waals surface area contributed by atoms with Crippen LogP contribution in [0.1, 0.15) is 21.8 Å². The summed E-state index contributed by atoms with van der Waals surface area (Å²) in [7, 11) is 3.02. The first-order valence-corrected chi connectivity index (χ1v) is 10.0. The Bertz CT molecular complexity index is 1010. The molecule has 0 spiro atoms. The van der Waals surface area contributed by atoms with Gasteiger partial charge in [-0.05, 0) is 39.9 Å². The van der Waals surface area contributed by atoms with Crippen LogP contribution in [-0.4, -0.2) is 44.1 Å². The minimum atomic E-state index is -0.354. The number of esters is 1. The fraction of sp³-hybridized carbons (Fsp3) is 0.273. The van der Waals surface area contributed by atoms with Crippen molar-refractivity contribution in [3.05, 3.63) is 64.4 Å². The minimum Gasteiger partial charge on any atom is -0.496 e. The van der Waals surface area contributed by atoms with Gasteiger partial charge in [-0.3, -0.25) is 9.59 Å². The van der Waals surface area contributed by atoms with E-state index in [-0.39, 0.29) is 23.7 Å². The maximum atomic E-state index is 13.4. The molecule has 1 aliphatic rings. The third-order valence-electron chi connectivity index (χ3n) is 5.42. The maximum Gasteiger partial charge on any atom is 0.311 e. The highest BCUT2D eigenvalue weighted by Gasteiger charge is 2.41. The number of hydrogen-bond acceptors (Lipinski definition) is 5. The Hall–Kier alpha value is -2.86. The molecule has 144 valence electrons. The summed E-state index contributed by atoms with van der Waals surface area (Å²) in [5.74, 6) is -0.0195. The van der Waals surface area contributed by atoms with Gasteiger partial charge in [-0.25, -0.2) is 0 Å². The van der Waals surface area contributed by atoms with Gasteiger partial charge < -0.3 is 14.4 Å². The number of ether oxygens (including phenoxy) is 2. The molecular weight excluding hydrogens is 374 g/mol. The predicted molar refractivity (Wildman–Crippen MR) is 109 cm³/mol.